The SMILES string of the molecule is Cc1ccc(SC2=NC(C)CS2)cc1. The van der Waals surface area contributed by atoms with Gasteiger partial charge >= 0.3 is 0 Å². The molecular weight excluding hydrogens is 210 g/mol. The van der Waals surface area contributed by atoms with E-state index < -0.39 is 0 Å². The molecule has 1 aromatic rings. The van der Waals surface area contributed by atoms with Crippen molar-refractivity contribution in [2.45, 2.75) is 24.8 Å². The van der Waals surface area contributed by atoms with Gasteiger partial charge in [-0.2, -0.15) is 0 Å². The average molecular weight is 223 g/mol. The average Bonchev–Trinajstić information content (AvgIpc) is 2.56. The number of nitrogens with zero attached hydrogens (tertiary/aromatic N) is 1. The summed E-state index contributed by atoms with van der Waals surface area (Å²) < 4.78 is 1.21. The fraction of sp³-hybridized carbons (Fsp3) is 0.364. The summed E-state index contributed by atoms with van der Waals surface area (Å²) >= 11 is 3.64. The van der Waals surface area contributed by atoms with Crippen LogP contribution in [0, 0.1) is 6.92 Å². The molecule has 0 saturated heterocycles. The first kappa shape index (κ1) is 10.1. The molecule has 0 spiro atoms. The first-order valence-corrected chi connectivity index (χ1v) is 6.49. The lowest BCUT2D eigenvalue weighted by Crippen LogP contribution is -1.92. The zero-order valence-corrected chi connectivity index (χ0v) is 9.99. The minimum Gasteiger partial charge on any atom is -0.267 e. The third kappa shape index (κ3) is 2.55. The van der Waals surface area contributed by atoms with Crippen LogP contribution in [0.3, 0.4) is 0 Å². The number of benzene rings is 1. The van der Waals surface area contributed by atoms with Crippen LogP contribution in [-0.4, -0.2) is 16.2 Å². The summed E-state index contributed by atoms with van der Waals surface area (Å²) in [6, 6.07) is 9.10. The molecule has 0 bridgehead atoms. The highest BCUT2D eigenvalue weighted by molar-refractivity contribution is 8.39. The van der Waals surface area contributed by atoms with E-state index in [0.29, 0.717) is 6.04 Å². The van der Waals surface area contributed by atoms with Gasteiger partial charge in [-0.1, -0.05) is 41.2 Å². The normalized spacial score (nSPS) is 21.0. The van der Waals surface area contributed by atoms with E-state index in [-0.39, 0.29) is 0 Å². The monoisotopic (exact) mass is 223 g/mol. The van der Waals surface area contributed by atoms with Crippen LogP contribution in [-0.2, 0) is 0 Å². The molecule has 0 amide bonds. The van der Waals surface area contributed by atoms with Gasteiger partial charge in [0.15, 0.2) is 0 Å². The summed E-state index contributed by atoms with van der Waals surface area (Å²) in [7, 11) is 0. The Morgan fingerprint density at radius 3 is 2.64 bits per heavy atom. The molecular formula is C11H13NS2. The predicted octanol–water partition coefficient (Wildman–Crippen LogP) is 3.58. The Morgan fingerprint density at radius 1 is 1.36 bits per heavy atom. The van der Waals surface area contributed by atoms with Crippen molar-refractivity contribution in [3.8, 4) is 0 Å². The Kier molecular flexibility index (Phi) is 3.19. The smallest absolute Gasteiger partial charge is 0.129 e. The lowest BCUT2D eigenvalue weighted by Gasteiger charge is -1.99. The highest BCUT2D eigenvalue weighted by Gasteiger charge is 2.14. The van der Waals surface area contributed by atoms with Crippen LogP contribution >= 0.6 is 23.5 Å². The summed E-state index contributed by atoms with van der Waals surface area (Å²) in [6.07, 6.45) is 0. The molecule has 1 aliphatic heterocycles. The van der Waals surface area contributed by atoms with E-state index in [2.05, 4.69) is 43.1 Å². The Balaban J connectivity index is 2.04. The van der Waals surface area contributed by atoms with Crippen LogP contribution in [0.15, 0.2) is 34.2 Å². The zero-order chi connectivity index (χ0) is 9.97. The molecule has 0 radical (unpaired) electrons. The summed E-state index contributed by atoms with van der Waals surface area (Å²) in [6.45, 7) is 4.27. The zero-order valence-electron chi connectivity index (χ0n) is 8.36. The van der Waals surface area contributed by atoms with E-state index in [9.17, 15) is 0 Å². The van der Waals surface area contributed by atoms with Gasteiger partial charge in [-0.3, -0.25) is 4.99 Å². The second-order valence-corrected chi connectivity index (χ2v) is 5.80. The molecule has 74 valence electrons. The number of hydrogen-bond donors (Lipinski definition) is 0. The topological polar surface area (TPSA) is 12.4 Å². The van der Waals surface area contributed by atoms with Crippen molar-refractivity contribution in [1.82, 2.24) is 0 Å². The minimum absolute atomic E-state index is 0.493. The maximum atomic E-state index is 4.55. The van der Waals surface area contributed by atoms with E-state index in [1.165, 1.54) is 14.8 Å². The fourth-order valence-corrected chi connectivity index (χ4v) is 3.36. The van der Waals surface area contributed by atoms with Crippen LogP contribution in [0.5, 0.6) is 0 Å². The predicted molar refractivity (Wildman–Crippen MR) is 66.4 cm³/mol. The third-order valence-electron chi connectivity index (χ3n) is 2.00. The number of aryl methyl sites for hydroxylation is 1. The number of hydrogen-bond acceptors (Lipinski definition) is 3. The summed E-state index contributed by atoms with van der Waals surface area (Å²) in [4.78, 5) is 5.84. The molecule has 0 saturated carbocycles. The Morgan fingerprint density at radius 2 is 2.07 bits per heavy atom. The van der Waals surface area contributed by atoms with Gasteiger partial charge in [0, 0.05) is 10.6 Å². The Hall–Kier alpha value is -0.410. The highest BCUT2D eigenvalue weighted by Crippen LogP contribution is 2.31. The van der Waals surface area contributed by atoms with E-state index in [1.54, 1.807) is 11.8 Å². The quantitative estimate of drug-likeness (QED) is 0.721. The van der Waals surface area contributed by atoms with Gasteiger partial charge in [0.2, 0.25) is 0 Å². The molecule has 0 aromatic heterocycles. The molecule has 2 rings (SSSR count). The summed E-state index contributed by atoms with van der Waals surface area (Å²) in [5, 5.41) is 0. The molecule has 1 unspecified atom stereocenters. The van der Waals surface area contributed by atoms with Crippen molar-refractivity contribution in [2.24, 2.45) is 4.99 Å². The van der Waals surface area contributed by atoms with E-state index in [0.717, 1.165) is 5.75 Å². The van der Waals surface area contributed by atoms with Crippen LogP contribution in [0.4, 0.5) is 0 Å². The minimum atomic E-state index is 0.493. The van der Waals surface area contributed by atoms with Gasteiger partial charge in [-0.15, -0.1) is 0 Å². The number of thioether (sulfide) groups is 2. The van der Waals surface area contributed by atoms with Crippen LogP contribution in [0.1, 0.15) is 12.5 Å². The molecule has 14 heavy (non-hydrogen) atoms. The van der Waals surface area contributed by atoms with Crippen LogP contribution < -0.4 is 0 Å². The van der Waals surface area contributed by atoms with Crippen molar-refractivity contribution >= 4 is 27.9 Å². The van der Waals surface area contributed by atoms with Crippen molar-refractivity contribution in [3.05, 3.63) is 29.8 Å². The first-order chi connectivity index (χ1) is 6.74. The number of aliphatic imine (C=N–C) groups is 1. The number of rotatable bonds is 1. The molecule has 3 heteroatoms. The highest BCUT2D eigenvalue weighted by atomic mass is 32.2. The van der Waals surface area contributed by atoms with Gasteiger partial charge in [0.1, 0.15) is 4.38 Å². The Labute approximate surface area is 93.4 Å². The standard InChI is InChI=1S/C11H13NS2/c1-8-3-5-10(6-4-8)14-11-12-9(2)7-13-11/h3-6,9H,7H2,1-2H3. The third-order valence-corrected chi connectivity index (χ3v) is 4.39. The lowest BCUT2D eigenvalue weighted by molar-refractivity contribution is 0.867. The van der Waals surface area contributed by atoms with Crippen molar-refractivity contribution in [3.63, 3.8) is 0 Å². The van der Waals surface area contributed by atoms with Gasteiger partial charge < -0.3 is 0 Å². The van der Waals surface area contributed by atoms with E-state index in [1.807, 2.05) is 11.8 Å². The van der Waals surface area contributed by atoms with Gasteiger partial charge in [-0.05, 0) is 26.0 Å². The molecule has 0 N–H and O–H groups in total. The van der Waals surface area contributed by atoms with Crippen LogP contribution in [0.2, 0.25) is 0 Å². The fourth-order valence-electron chi connectivity index (χ4n) is 1.21. The van der Waals surface area contributed by atoms with Crippen molar-refractivity contribution in [1.29, 1.82) is 0 Å². The maximum Gasteiger partial charge on any atom is 0.129 e. The van der Waals surface area contributed by atoms with Gasteiger partial charge in [-0.25, -0.2) is 0 Å². The molecule has 0 aliphatic carbocycles. The van der Waals surface area contributed by atoms with Gasteiger partial charge in [0.25, 0.3) is 0 Å². The summed E-state index contributed by atoms with van der Waals surface area (Å²) in [5.41, 5.74) is 1.31. The second kappa shape index (κ2) is 4.41. The van der Waals surface area contributed by atoms with Gasteiger partial charge in [0.05, 0.1) is 6.04 Å². The Bertz CT molecular complexity index is 343. The molecule has 1 atom stereocenters. The van der Waals surface area contributed by atoms with Crippen molar-refractivity contribution in [2.75, 3.05) is 5.75 Å². The largest absolute Gasteiger partial charge is 0.267 e. The molecule has 0 fully saturated rings. The van der Waals surface area contributed by atoms with Crippen molar-refractivity contribution < 1.29 is 0 Å². The lowest BCUT2D eigenvalue weighted by atomic mass is 10.2. The second-order valence-electron chi connectivity index (χ2n) is 3.47. The van der Waals surface area contributed by atoms with Crippen LogP contribution in [0.25, 0.3) is 0 Å². The summed E-state index contributed by atoms with van der Waals surface area (Å²) in [5.74, 6) is 1.13. The van der Waals surface area contributed by atoms with E-state index in [4.69, 9.17) is 0 Å². The first-order valence-electron chi connectivity index (χ1n) is 4.69. The molecule has 1 heterocycles. The molecule has 1 aliphatic rings. The maximum absolute atomic E-state index is 4.55. The molecule has 1 nitrogen and oxygen atoms in total. The van der Waals surface area contributed by atoms with E-state index >= 15 is 0 Å². The molecule has 1 aromatic carbocycles.